The molecule has 0 saturated heterocycles. The summed E-state index contributed by atoms with van der Waals surface area (Å²) in [6.45, 7) is 1.10. The summed E-state index contributed by atoms with van der Waals surface area (Å²) in [4.78, 5) is 22.7. The fourth-order valence-electron chi connectivity index (χ4n) is 2.55. The van der Waals surface area contributed by atoms with Crippen molar-refractivity contribution in [3.8, 4) is 11.1 Å². The molecular formula is C17H14O3. The number of Topliss-reactive ketones (excluding diaryl/α,β-unsaturated/α-hetero) is 1. The van der Waals surface area contributed by atoms with Gasteiger partial charge in [-0.2, -0.15) is 0 Å². The van der Waals surface area contributed by atoms with E-state index >= 15 is 0 Å². The van der Waals surface area contributed by atoms with E-state index in [9.17, 15) is 9.59 Å². The van der Waals surface area contributed by atoms with Crippen LogP contribution < -0.4 is 0 Å². The molecule has 2 aromatic rings. The molecule has 0 atom stereocenters. The minimum absolute atomic E-state index is 0.174. The van der Waals surface area contributed by atoms with Crippen molar-refractivity contribution in [3.63, 3.8) is 0 Å². The van der Waals surface area contributed by atoms with Crippen LogP contribution in [-0.2, 0) is 16.0 Å². The van der Waals surface area contributed by atoms with Gasteiger partial charge >= 0.3 is 5.97 Å². The van der Waals surface area contributed by atoms with Crippen LogP contribution in [-0.4, -0.2) is 18.4 Å². The Labute approximate surface area is 117 Å². The number of hydrogen-bond acceptors (Lipinski definition) is 3. The highest BCUT2D eigenvalue weighted by Gasteiger charge is 2.19. The summed E-state index contributed by atoms with van der Waals surface area (Å²) in [5.41, 5.74) is 5.39. The summed E-state index contributed by atoms with van der Waals surface area (Å²) in [5.74, 6) is -0.614. The van der Waals surface area contributed by atoms with Gasteiger partial charge in [-0.15, -0.1) is 0 Å². The molecule has 20 heavy (non-hydrogen) atoms. The third-order valence-electron chi connectivity index (χ3n) is 3.53. The number of rotatable bonds is 3. The molecule has 0 spiro atoms. The van der Waals surface area contributed by atoms with Gasteiger partial charge in [-0.1, -0.05) is 36.4 Å². The lowest BCUT2D eigenvalue weighted by Crippen LogP contribution is -2.11. The smallest absolute Gasteiger partial charge is 0.303 e. The standard InChI is InChI=1S/C17H14O3/c1-11(18)20-10-17(19)14-7-6-13-8-12-4-2-3-5-15(12)16(13)9-14/h2-7,9H,8,10H2,1H3. The molecule has 3 rings (SSSR count). The summed E-state index contributed by atoms with van der Waals surface area (Å²) in [6.07, 6.45) is 0.907. The first-order valence-electron chi connectivity index (χ1n) is 6.53. The predicted molar refractivity (Wildman–Crippen MR) is 75.6 cm³/mol. The second kappa shape index (κ2) is 4.93. The summed E-state index contributed by atoms with van der Waals surface area (Å²) >= 11 is 0. The van der Waals surface area contributed by atoms with Crippen LogP contribution in [0.5, 0.6) is 0 Å². The van der Waals surface area contributed by atoms with Gasteiger partial charge in [-0.3, -0.25) is 9.59 Å². The monoisotopic (exact) mass is 266 g/mol. The van der Waals surface area contributed by atoms with Crippen molar-refractivity contribution < 1.29 is 14.3 Å². The Bertz CT molecular complexity index is 701. The van der Waals surface area contributed by atoms with E-state index in [1.165, 1.54) is 23.6 Å². The van der Waals surface area contributed by atoms with E-state index in [4.69, 9.17) is 4.74 Å². The van der Waals surface area contributed by atoms with E-state index < -0.39 is 5.97 Å². The van der Waals surface area contributed by atoms with Crippen molar-refractivity contribution in [1.29, 1.82) is 0 Å². The molecule has 1 aliphatic carbocycles. The van der Waals surface area contributed by atoms with Crippen molar-refractivity contribution in [2.45, 2.75) is 13.3 Å². The summed E-state index contributed by atoms with van der Waals surface area (Å²) in [6, 6.07) is 13.9. The van der Waals surface area contributed by atoms with Crippen LogP contribution in [0.4, 0.5) is 0 Å². The van der Waals surface area contributed by atoms with Crippen LogP contribution in [0.2, 0.25) is 0 Å². The van der Waals surface area contributed by atoms with Crippen LogP contribution in [0.25, 0.3) is 11.1 Å². The lowest BCUT2D eigenvalue weighted by Gasteiger charge is -2.05. The highest BCUT2D eigenvalue weighted by Crippen LogP contribution is 2.36. The zero-order chi connectivity index (χ0) is 14.1. The van der Waals surface area contributed by atoms with E-state index in [-0.39, 0.29) is 12.4 Å². The number of benzene rings is 2. The van der Waals surface area contributed by atoms with E-state index in [0.717, 1.165) is 12.0 Å². The normalized spacial score (nSPS) is 11.7. The fraction of sp³-hybridized carbons (Fsp3) is 0.176. The second-order valence-electron chi connectivity index (χ2n) is 4.91. The maximum atomic E-state index is 12.0. The average molecular weight is 266 g/mol. The zero-order valence-corrected chi connectivity index (χ0v) is 11.2. The van der Waals surface area contributed by atoms with Crippen molar-refractivity contribution in [3.05, 3.63) is 59.2 Å². The molecule has 0 radical (unpaired) electrons. The van der Waals surface area contributed by atoms with Gasteiger partial charge in [0.15, 0.2) is 12.4 Å². The van der Waals surface area contributed by atoms with Crippen LogP contribution in [0, 0.1) is 0 Å². The lowest BCUT2D eigenvalue weighted by molar-refractivity contribution is -0.139. The van der Waals surface area contributed by atoms with E-state index in [2.05, 4.69) is 12.1 Å². The molecule has 0 aromatic heterocycles. The summed E-state index contributed by atoms with van der Waals surface area (Å²) in [7, 11) is 0. The number of carbonyl (C=O) groups excluding carboxylic acids is 2. The number of ketones is 1. The molecule has 0 saturated carbocycles. The Morgan fingerprint density at radius 2 is 1.80 bits per heavy atom. The lowest BCUT2D eigenvalue weighted by atomic mass is 10.0. The maximum Gasteiger partial charge on any atom is 0.303 e. The van der Waals surface area contributed by atoms with Crippen molar-refractivity contribution in [2.24, 2.45) is 0 Å². The topological polar surface area (TPSA) is 43.4 Å². The molecule has 2 aromatic carbocycles. The molecule has 0 aliphatic heterocycles. The third-order valence-corrected chi connectivity index (χ3v) is 3.53. The van der Waals surface area contributed by atoms with Crippen LogP contribution in [0.1, 0.15) is 28.4 Å². The largest absolute Gasteiger partial charge is 0.457 e. The Kier molecular flexibility index (Phi) is 3.11. The quantitative estimate of drug-likeness (QED) is 0.540. The Morgan fingerprint density at radius 1 is 1.05 bits per heavy atom. The minimum atomic E-state index is -0.440. The van der Waals surface area contributed by atoms with Gasteiger partial charge in [0, 0.05) is 12.5 Å². The van der Waals surface area contributed by atoms with Gasteiger partial charge < -0.3 is 4.74 Å². The van der Waals surface area contributed by atoms with E-state index in [1.807, 2.05) is 24.3 Å². The average Bonchev–Trinajstić information content (AvgIpc) is 2.82. The number of ether oxygens (including phenoxy) is 1. The SMILES string of the molecule is CC(=O)OCC(=O)c1ccc2c(c1)-c1ccccc1C2. The molecule has 0 unspecified atom stereocenters. The molecule has 0 bridgehead atoms. The highest BCUT2D eigenvalue weighted by molar-refractivity contribution is 5.99. The van der Waals surface area contributed by atoms with Gasteiger partial charge in [-0.25, -0.2) is 0 Å². The molecule has 0 amide bonds. The van der Waals surface area contributed by atoms with Crippen molar-refractivity contribution in [2.75, 3.05) is 6.61 Å². The second-order valence-corrected chi connectivity index (χ2v) is 4.91. The van der Waals surface area contributed by atoms with Crippen molar-refractivity contribution in [1.82, 2.24) is 0 Å². The Hall–Kier alpha value is -2.42. The molecule has 1 aliphatic rings. The molecule has 0 N–H and O–H groups in total. The van der Waals surface area contributed by atoms with E-state index in [1.54, 1.807) is 6.07 Å². The molecule has 3 nitrogen and oxygen atoms in total. The fourth-order valence-corrected chi connectivity index (χ4v) is 2.55. The molecular weight excluding hydrogens is 252 g/mol. The van der Waals surface area contributed by atoms with Crippen molar-refractivity contribution >= 4 is 11.8 Å². The number of fused-ring (bicyclic) bond motifs is 3. The number of carbonyl (C=O) groups is 2. The van der Waals surface area contributed by atoms with Gasteiger partial charge in [-0.05, 0) is 34.7 Å². The first-order valence-corrected chi connectivity index (χ1v) is 6.53. The third kappa shape index (κ3) is 2.23. The first-order chi connectivity index (χ1) is 9.65. The van der Waals surface area contributed by atoms with Gasteiger partial charge in [0.2, 0.25) is 0 Å². The predicted octanol–water partition coefficient (Wildman–Crippen LogP) is 3.00. The van der Waals surface area contributed by atoms with Crippen LogP contribution in [0.15, 0.2) is 42.5 Å². The highest BCUT2D eigenvalue weighted by atomic mass is 16.5. The minimum Gasteiger partial charge on any atom is -0.457 e. The molecule has 100 valence electrons. The molecule has 3 heteroatoms. The molecule has 0 fully saturated rings. The Morgan fingerprint density at radius 3 is 2.60 bits per heavy atom. The maximum absolute atomic E-state index is 12.0. The summed E-state index contributed by atoms with van der Waals surface area (Å²) in [5, 5.41) is 0. The van der Waals surface area contributed by atoms with Crippen LogP contribution in [0.3, 0.4) is 0 Å². The number of esters is 1. The van der Waals surface area contributed by atoms with Crippen LogP contribution >= 0.6 is 0 Å². The van der Waals surface area contributed by atoms with E-state index in [0.29, 0.717) is 5.56 Å². The molecule has 0 heterocycles. The first kappa shape index (κ1) is 12.6. The van der Waals surface area contributed by atoms with Gasteiger partial charge in [0.25, 0.3) is 0 Å². The Balaban J connectivity index is 1.91. The van der Waals surface area contributed by atoms with Gasteiger partial charge in [0.05, 0.1) is 0 Å². The zero-order valence-electron chi connectivity index (χ0n) is 11.2. The van der Waals surface area contributed by atoms with Gasteiger partial charge in [0.1, 0.15) is 0 Å². The number of hydrogen-bond donors (Lipinski definition) is 0. The summed E-state index contributed by atoms with van der Waals surface area (Å²) < 4.78 is 4.76.